The van der Waals surface area contributed by atoms with Crippen molar-refractivity contribution in [2.75, 3.05) is 18.4 Å². The minimum atomic E-state index is 0.711. The van der Waals surface area contributed by atoms with Crippen LogP contribution in [-0.4, -0.2) is 29.1 Å². The van der Waals surface area contributed by atoms with Gasteiger partial charge in [-0.1, -0.05) is 25.7 Å². The van der Waals surface area contributed by atoms with Crippen LogP contribution in [0.2, 0.25) is 0 Å². The number of anilines is 1. The van der Waals surface area contributed by atoms with Gasteiger partial charge in [-0.2, -0.15) is 0 Å². The van der Waals surface area contributed by atoms with Gasteiger partial charge < -0.3 is 10.6 Å². The summed E-state index contributed by atoms with van der Waals surface area (Å²) in [4.78, 5) is 8.12. The second-order valence-electron chi connectivity index (χ2n) is 4.79. The summed E-state index contributed by atoms with van der Waals surface area (Å²) in [5, 5.41) is 6.94. The zero-order valence-corrected chi connectivity index (χ0v) is 12.2. The maximum Gasteiger partial charge on any atom is 0.143 e. The third-order valence-corrected chi connectivity index (χ3v) is 3.95. The Morgan fingerprint density at radius 3 is 2.67 bits per heavy atom. The summed E-state index contributed by atoms with van der Waals surface area (Å²) in [5.74, 6) is 0.868. The monoisotopic (exact) mass is 312 g/mol. The minimum absolute atomic E-state index is 0.711. The lowest BCUT2D eigenvalue weighted by Gasteiger charge is -2.16. The van der Waals surface area contributed by atoms with Crippen molar-refractivity contribution in [1.29, 1.82) is 0 Å². The fourth-order valence-electron chi connectivity index (χ4n) is 2.38. The van der Waals surface area contributed by atoms with Crippen molar-refractivity contribution in [2.24, 2.45) is 0 Å². The largest absolute Gasteiger partial charge is 0.368 e. The molecule has 1 aromatic rings. The van der Waals surface area contributed by atoms with E-state index in [2.05, 4.69) is 36.5 Å². The van der Waals surface area contributed by atoms with Gasteiger partial charge in [0, 0.05) is 25.3 Å². The molecule has 4 nitrogen and oxygen atoms in total. The Balaban J connectivity index is 1.65. The minimum Gasteiger partial charge on any atom is -0.368 e. The number of nitrogens with zero attached hydrogens (tertiary/aromatic N) is 2. The van der Waals surface area contributed by atoms with E-state index in [0.29, 0.717) is 6.04 Å². The molecular weight excluding hydrogens is 292 g/mol. The van der Waals surface area contributed by atoms with E-state index < -0.39 is 0 Å². The van der Waals surface area contributed by atoms with Gasteiger partial charge in [-0.15, -0.1) is 0 Å². The molecular formula is C13H21BrN4. The molecule has 1 aromatic heterocycles. The first kappa shape index (κ1) is 13.7. The van der Waals surface area contributed by atoms with E-state index in [1.165, 1.54) is 38.5 Å². The summed E-state index contributed by atoms with van der Waals surface area (Å²) in [6.07, 6.45) is 11.5. The first-order valence-corrected chi connectivity index (χ1v) is 7.58. The highest BCUT2D eigenvalue weighted by Gasteiger charge is 2.10. The maximum atomic E-state index is 4.18. The van der Waals surface area contributed by atoms with Gasteiger partial charge in [0.1, 0.15) is 12.1 Å². The molecule has 5 heteroatoms. The Labute approximate surface area is 117 Å². The third-order valence-electron chi connectivity index (χ3n) is 3.37. The fourth-order valence-corrected chi connectivity index (χ4v) is 2.74. The second-order valence-corrected chi connectivity index (χ2v) is 5.64. The lowest BCUT2D eigenvalue weighted by Crippen LogP contribution is -2.32. The van der Waals surface area contributed by atoms with Gasteiger partial charge in [-0.05, 0) is 28.8 Å². The Morgan fingerprint density at radius 2 is 1.94 bits per heavy atom. The number of hydrogen-bond acceptors (Lipinski definition) is 4. The van der Waals surface area contributed by atoms with Gasteiger partial charge >= 0.3 is 0 Å². The van der Waals surface area contributed by atoms with Crippen LogP contribution in [-0.2, 0) is 0 Å². The zero-order valence-electron chi connectivity index (χ0n) is 10.7. The van der Waals surface area contributed by atoms with Crippen LogP contribution in [0.15, 0.2) is 17.0 Å². The highest BCUT2D eigenvalue weighted by atomic mass is 79.9. The summed E-state index contributed by atoms with van der Waals surface area (Å²) < 4.78 is 0.916. The Morgan fingerprint density at radius 1 is 1.17 bits per heavy atom. The van der Waals surface area contributed by atoms with E-state index in [1.807, 2.05) is 0 Å². The number of nitrogens with one attached hydrogen (secondary N) is 2. The summed E-state index contributed by atoms with van der Waals surface area (Å²) >= 11 is 3.43. The smallest absolute Gasteiger partial charge is 0.143 e. The molecule has 0 aliphatic heterocycles. The molecule has 0 atom stereocenters. The molecule has 0 spiro atoms. The molecule has 1 fully saturated rings. The van der Waals surface area contributed by atoms with E-state index >= 15 is 0 Å². The topological polar surface area (TPSA) is 49.8 Å². The molecule has 0 bridgehead atoms. The lowest BCUT2D eigenvalue weighted by atomic mass is 10.1. The van der Waals surface area contributed by atoms with Gasteiger partial charge in [-0.25, -0.2) is 9.97 Å². The SMILES string of the molecule is Brc1cncnc1NCCNC1CCCCCC1. The van der Waals surface area contributed by atoms with Crippen LogP contribution in [0.3, 0.4) is 0 Å². The third kappa shape index (κ3) is 4.53. The number of halogens is 1. The van der Waals surface area contributed by atoms with Gasteiger partial charge in [-0.3, -0.25) is 0 Å². The average Bonchev–Trinajstić information content (AvgIpc) is 2.65. The molecule has 2 N–H and O–H groups in total. The summed E-state index contributed by atoms with van der Waals surface area (Å²) in [5.41, 5.74) is 0. The second kappa shape index (κ2) is 7.69. The molecule has 18 heavy (non-hydrogen) atoms. The zero-order chi connectivity index (χ0) is 12.6. The average molecular weight is 313 g/mol. The van der Waals surface area contributed by atoms with Crippen LogP contribution in [0.5, 0.6) is 0 Å². The van der Waals surface area contributed by atoms with Crippen molar-refractivity contribution < 1.29 is 0 Å². The van der Waals surface area contributed by atoms with Gasteiger partial charge in [0.05, 0.1) is 4.47 Å². The quantitative estimate of drug-likeness (QED) is 0.648. The van der Waals surface area contributed by atoms with Crippen molar-refractivity contribution in [1.82, 2.24) is 15.3 Å². The van der Waals surface area contributed by atoms with Crippen LogP contribution >= 0.6 is 15.9 Å². The van der Waals surface area contributed by atoms with Gasteiger partial charge in [0.15, 0.2) is 0 Å². The fraction of sp³-hybridized carbons (Fsp3) is 0.692. The first-order chi connectivity index (χ1) is 8.86. The molecule has 1 aliphatic rings. The first-order valence-electron chi connectivity index (χ1n) is 6.79. The van der Waals surface area contributed by atoms with Crippen molar-refractivity contribution in [3.63, 3.8) is 0 Å². The van der Waals surface area contributed by atoms with Crippen LogP contribution in [0.4, 0.5) is 5.82 Å². The van der Waals surface area contributed by atoms with Crippen molar-refractivity contribution in [3.8, 4) is 0 Å². The van der Waals surface area contributed by atoms with Crippen molar-refractivity contribution in [2.45, 2.75) is 44.6 Å². The van der Waals surface area contributed by atoms with E-state index in [4.69, 9.17) is 0 Å². The van der Waals surface area contributed by atoms with Crippen LogP contribution in [0.1, 0.15) is 38.5 Å². The summed E-state index contributed by atoms with van der Waals surface area (Å²) in [6.45, 7) is 1.88. The Hall–Kier alpha value is -0.680. The van der Waals surface area contributed by atoms with Crippen LogP contribution < -0.4 is 10.6 Å². The predicted molar refractivity (Wildman–Crippen MR) is 77.7 cm³/mol. The number of aromatic nitrogens is 2. The molecule has 0 amide bonds. The van der Waals surface area contributed by atoms with Gasteiger partial charge in [0.25, 0.3) is 0 Å². The lowest BCUT2D eigenvalue weighted by molar-refractivity contribution is 0.468. The number of rotatable bonds is 5. The molecule has 1 saturated carbocycles. The predicted octanol–water partition coefficient (Wildman–Crippen LogP) is 2.96. The van der Waals surface area contributed by atoms with Gasteiger partial charge in [0.2, 0.25) is 0 Å². The normalized spacial score (nSPS) is 17.4. The molecule has 1 aliphatic carbocycles. The molecule has 100 valence electrons. The summed E-state index contributed by atoms with van der Waals surface area (Å²) in [7, 11) is 0. The maximum absolute atomic E-state index is 4.18. The van der Waals surface area contributed by atoms with E-state index in [-0.39, 0.29) is 0 Å². The number of hydrogen-bond donors (Lipinski definition) is 2. The summed E-state index contributed by atoms with van der Waals surface area (Å²) in [6, 6.07) is 0.711. The molecule has 1 heterocycles. The van der Waals surface area contributed by atoms with Crippen LogP contribution in [0, 0.1) is 0 Å². The highest BCUT2D eigenvalue weighted by molar-refractivity contribution is 9.10. The molecule has 0 saturated heterocycles. The molecule has 0 radical (unpaired) electrons. The van der Waals surface area contributed by atoms with Crippen molar-refractivity contribution in [3.05, 3.63) is 17.0 Å². The van der Waals surface area contributed by atoms with E-state index in [1.54, 1.807) is 12.5 Å². The Kier molecular flexibility index (Phi) is 5.87. The Bertz CT molecular complexity index is 351. The van der Waals surface area contributed by atoms with E-state index in [0.717, 1.165) is 23.4 Å². The molecule has 2 rings (SSSR count). The standard InChI is InChI=1S/C13H21BrN4/c14-12-9-15-10-18-13(12)17-8-7-16-11-5-3-1-2-4-6-11/h9-11,16H,1-8H2,(H,15,17,18). The highest BCUT2D eigenvalue weighted by Crippen LogP contribution is 2.17. The van der Waals surface area contributed by atoms with E-state index in [9.17, 15) is 0 Å². The van der Waals surface area contributed by atoms with Crippen LogP contribution in [0.25, 0.3) is 0 Å². The molecule has 0 aromatic carbocycles. The molecule has 0 unspecified atom stereocenters. The van der Waals surface area contributed by atoms with Crippen molar-refractivity contribution >= 4 is 21.7 Å².